The fourth-order valence-corrected chi connectivity index (χ4v) is 4.97. The third kappa shape index (κ3) is 4.29. The number of fused-ring (bicyclic) bond motifs is 1. The predicted molar refractivity (Wildman–Crippen MR) is 137 cm³/mol. The minimum absolute atomic E-state index is 0.222. The molecule has 3 heterocycles. The van der Waals surface area contributed by atoms with E-state index in [9.17, 15) is 9.90 Å². The number of esters is 1. The summed E-state index contributed by atoms with van der Waals surface area (Å²) in [7, 11) is 0. The van der Waals surface area contributed by atoms with Gasteiger partial charge in [0.15, 0.2) is 0 Å². The Hall–Kier alpha value is -3.32. The molecule has 2 aliphatic rings. The molecule has 0 atom stereocenters. The van der Waals surface area contributed by atoms with Crippen molar-refractivity contribution in [2.45, 2.75) is 46.0 Å². The maximum Gasteiger partial charge on any atom is 0.341 e. The Labute approximate surface area is 206 Å². The lowest BCUT2D eigenvalue weighted by Gasteiger charge is -2.28. The van der Waals surface area contributed by atoms with Gasteiger partial charge in [-0.1, -0.05) is 43.7 Å². The monoisotopic (exact) mass is 475 g/mol. The number of hydrogen-bond acceptors (Lipinski definition) is 6. The number of aliphatic hydroxyl groups is 1. The van der Waals surface area contributed by atoms with Gasteiger partial charge in [-0.15, -0.1) is 5.10 Å². The van der Waals surface area contributed by atoms with Crippen molar-refractivity contribution < 1.29 is 19.4 Å². The quantitative estimate of drug-likeness (QED) is 0.363. The molecule has 7 nitrogen and oxygen atoms in total. The van der Waals surface area contributed by atoms with E-state index >= 15 is 0 Å². The summed E-state index contributed by atoms with van der Waals surface area (Å²) >= 11 is 0. The highest BCUT2D eigenvalue weighted by molar-refractivity contribution is 6.07. The number of nitrogens with zero attached hydrogens (tertiary/aromatic N) is 3. The van der Waals surface area contributed by atoms with Gasteiger partial charge in [0.1, 0.15) is 11.6 Å². The Morgan fingerprint density at radius 1 is 1.11 bits per heavy atom. The molecule has 2 aromatic heterocycles. The second kappa shape index (κ2) is 10.1. The van der Waals surface area contributed by atoms with Crippen LogP contribution in [0.5, 0.6) is 0 Å². The Bertz CT molecular complexity index is 1250. The van der Waals surface area contributed by atoms with Crippen molar-refractivity contribution in [1.82, 2.24) is 9.61 Å². The summed E-state index contributed by atoms with van der Waals surface area (Å²) in [4.78, 5) is 15.7. The number of anilines is 1. The van der Waals surface area contributed by atoms with Gasteiger partial charge in [0, 0.05) is 18.7 Å². The first-order valence-electron chi connectivity index (χ1n) is 12.7. The molecule has 1 aliphatic carbocycles. The molecule has 2 fully saturated rings. The van der Waals surface area contributed by atoms with Crippen molar-refractivity contribution in [3.8, 4) is 11.1 Å². The van der Waals surface area contributed by atoms with Crippen LogP contribution in [0.4, 0.5) is 5.82 Å². The van der Waals surface area contributed by atoms with E-state index in [0.717, 1.165) is 67.0 Å². The molecule has 3 aromatic rings. The molecule has 0 radical (unpaired) electrons. The number of aromatic nitrogens is 2. The number of allylic oxidation sites excluding steroid dienone is 1. The topological polar surface area (TPSA) is 76.3 Å². The Morgan fingerprint density at radius 2 is 1.86 bits per heavy atom. The summed E-state index contributed by atoms with van der Waals surface area (Å²) in [5, 5.41) is 16.5. The first-order valence-corrected chi connectivity index (χ1v) is 12.7. The lowest BCUT2D eigenvalue weighted by atomic mass is 9.88. The number of carbonyl (C=O) groups excluding carboxylic acids is 1. The predicted octanol–water partition coefficient (Wildman–Crippen LogP) is 5.42. The molecule has 7 heteroatoms. The number of aliphatic hydroxyl groups excluding tert-OH is 1. The van der Waals surface area contributed by atoms with E-state index in [0.29, 0.717) is 36.3 Å². The Balaban J connectivity index is 1.87. The lowest BCUT2D eigenvalue weighted by molar-refractivity contribution is 0.0528. The first kappa shape index (κ1) is 23.4. The first-order chi connectivity index (χ1) is 17.1. The van der Waals surface area contributed by atoms with E-state index in [1.807, 2.05) is 34.8 Å². The summed E-state index contributed by atoms with van der Waals surface area (Å²) in [6, 6.07) is 12.1. The van der Waals surface area contributed by atoms with Crippen LogP contribution in [0.15, 0.2) is 42.0 Å². The van der Waals surface area contributed by atoms with Crippen molar-refractivity contribution in [2.24, 2.45) is 0 Å². The highest BCUT2D eigenvalue weighted by Gasteiger charge is 2.32. The normalized spacial score (nSPS) is 15.8. The van der Waals surface area contributed by atoms with Gasteiger partial charge in [0.2, 0.25) is 0 Å². The lowest BCUT2D eigenvalue weighted by Crippen LogP contribution is -2.37. The average Bonchev–Trinajstić information content (AvgIpc) is 3.18. The third-order valence-electron chi connectivity index (χ3n) is 6.89. The summed E-state index contributed by atoms with van der Waals surface area (Å²) < 4.78 is 13.0. The van der Waals surface area contributed by atoms with Crippen molar-refractivity contribution in [3.05, 3.63) is 58.8 Å². The maximum absolute atomic E-state index is 13.5. The van der Waals surface area contributed by atoms with Gasteiger partial charge in [0.05, 0.1) is 42.2 Å². The van der Waals surface area contributed by atoms with E-state index in [-0.39, 0.29) is 12.4 Å². The average molecular weight is 476 g/mol. The van der Waals surface area contributed by atoms with Crippen LogP contribution in [-0.4, -0.2) is 53.6 Å². The van der Waals surface area contributed by atoms with E-state index in [4.69, 9.17) is 14.6 Å². The zero-order valence-corrected chi connectivity index (χ0v) is 20.5. The molecule has 5 rings (SSSR count). The van der Waals surface area contributed by atoms with Gasteiger partial charge in [-0.3, -0.25) is 0 Å². The number of rotatable bonds is 7. The smallest absolute Gasteiger partial charge is 0.341 e. The zero-order chi connectivity index (χ0) is 24.4. The van der Waals surface area contributed by atoms with E-state index in [1.165, 1.54) is 0 Å². The maximum atomic E-state index is 13.5. The summed E-state index contributed by atoms with van der Waals surface area (Å²) in [6.07, 6.45) is 4.29. The van der Waals surface area contributed by atoms with Crippen LogP contribution in [0.2, 0.25) is 0 Å². The molecule has 0 spiro atoms. The largest absolute Gasteiger partial charge is 0.507 e. The number of carbonyl (C=O) groups is 1. The highest BCUT2D eigenvalue weighted by atomic mass is 16.5. The molecule has 0 amide bonds. The minimum atomic E-state index is -0.424. The van der Waals surface area contributed by atoms with Gasteiger partial charge < -0.3 is 19.5 Å². The molecule has 1 aromatic carbocycles. The van der Waals surface area contributed by atoms with Gasteiger partial charge in [-0.25, -0.2) is 9.31 Å². The molecule has 35 heavy (non-hydrogen) atoms. The number of ether oxygens (including phenoxy) is 2. The van der Waals surface area contributed by atoms with Crippen LogP contribution < -0.4 is 4.90 Å². The van der Waals surface area contributed by atoms with Crippen molar-refractivity contribution in [3.63, 3.8) is 0 Å². The fraction of sp³-hybridized carbons (Fsp3) is 0.429. The zero-order valence-electron chi connectivity index (χ0n) is 20.5. The second-order valence-corrected chi connectivity index (χ2v) is 9.11. The molecular formula is C28H33N3O4. The number of morpholine rings is 1. The SMILES string of the molecule is CCCc1c(C(O)=C2CCC2)c(C(=O)OCC)c2c(-c3ccccc3)cc(N3CCOCC3)nn12. The third-order valence-corrected chi connectivity index (χ3v) is 6.89. The van der Waals surface area contributed by atoms with Crippen LogP contribution >= 0.6 is 0 Å². The van der Waals surface area contributed by atoms with Crippen molar-refractivity contribution in [1.29, 1.82) is 0 Å². The standard InChI is InChI=1S/C28H33N3O4/c1-3-9-22-24(27(32)20-12-8-13-20)25(28(33)35-4-2)26-21(19-10-6-5-7-11-19)18-23(29-31(22)26)30-14-16-34-17-15-30/h5-7,10-11,18,32H,3-4,8-9,12-17H2,1-2H3. The van der Waals surface area contributed by atoms with Crippen molar-refractivity contribution in [2.75, 3.05) is 37.8 Å². The van der Waals surface area contributed by atoms with Crippen LogP contribution in [-0.2, 0) is 15.9 Å². The second-order valence-electron chi connectivity index (χ2n) is 9.11. The fourth-order valence-electron chi connectivity index (χ4n) is 4.97. The minimum Gasteiger partial charge on any atom is -0.507 e. The molecule has 1 aliphatic heterocycles. The van der Waals surface area contributed by atoms with Crippen molar-refractivity contribution >= 4 is 23.1 Å². The number of aryl methyl sites for hydroxylation is 1. The van der Waals surface area contributed by atoms with E-state index in [2.05, 4.69) is 17.9 Å². The molecular weight excluding hydrogens is 442 g/mol. The van der Waals surface area contributed by atoms with Gasteiger partial charge in [-0.2, -0.15) is 0 Å². The van der Waals surface area contributed by atoms with Gasteiger partial charge in [0.25, 0.3) is 0 Å². The summed E-state index contributed by atoms with van der Waals surface area (Å²) in [5.74, 6) is 0.636. The molecule has 0 bridgehead atoms. The van der Waals surface area contributed by atoms with Gasteiger partial charge in [-0.05, 0) is 49.8 Å². The van der Waals surface area contributed by atoms with E-state index in [1.54, 1.807) is 6.92 Å². The molecule has 0 unspecified atom stereocenters. The van der Waals surface area contributed by atoms with Crippen LogP contribution in [0.25, 0.3) is 22.4 Å². The number of benzene rings is 1. The van der Waals surface area contributed by atoms with Crippen LogP contribution in [0, 0.1) is 0 Å². The molecule has 184 valence electrons. The van der Waals surface area contributed by atoms with E-state index < -0.39 is 5.97 Å². The summed E-state index contributed by atoms with van der Waals surface area (Å²) in [5.41, 5.74) is 5.43. The Morgan fingerprint density at radius 3 is 2.49 bits per heavy atom. The molecule has 1 saturated heterocycles. The summed E-state index contributed by atoms with van der Waals surface area (Å²) in [6.45, 7) is 6.98. The molecule has 1 saturated carbocycles. The van der Waals surface area contributed by atoms with Crippen LogP contribution in [0.3, 0.4) is 0 Å². The van der Waals surface area contributed by atoms with Crippen LogP contribution in [0.1, 0.15) is 61.1 Å². The highest BCUT2D eigenvalue weighted by Crippen LogP contribution is 2.41. The number of hydrogen-bond donors (Lipinski definition) is 1. The Kier molecular flexibility index (Phi) is 6.77. The molecule has 1 N–H and O–H groups in total. The van der Waals surface area contributed by atoms with Gasteiger partial charge >= 0.3 is 5.97 Å².